The Morgan fingerprint density at radius 1 is 1.27 bits per heavy atom. The van der Waals surface area contributed by atoms with E-state index >= 15 is 0 Å². The number of ether oxygens (including phenoxy) is 1. The molecule has 0 amide bonds. The lowest BCUT2D eigenvalue weighted by Gasteiger charge is -2.04. The average molecular weight is 222 g/mol. The molecule has 1 aromatic carbocycles. The van der Waals surface area contributed by atoms with Crippen LogP contribution in [0.25, 0.3) is 0 Å². The fraction of sp³-hybridized carbons (Fsp3) is 0.333. The molecule has 0 radical (unpaired) electrons. The normalized spacial score (nSPS) is 10.5. The minimum Gasteiger partial charge on any atom is -0.494 e. The fourth-order valence-electron chi connectivity index (χ4n) is 0.997. The van der Waals surface area contributed by atoms with Crippen molar-refractivity contribution in [3.63, 3.8) is 0 Å². The molecule has 0 unspecified atom stereocenters. The van der Waals surface area contributed by atoms with Crippen LogP contribution in [0.2, 0.25) is 19.6 Å². The summed E-state index contributed by atoms with van der Waals surface area (Å²) < 4.78 is 18.0. The maximum Gasteiger partial charge on any atom is 0.165 e. The third-order valence-electron chi connectivity index (χ3n) is 1.73. The van der Waals surface area contributed by atoms with E-state index in [2.05, 4.69) is 31.1 Å². The number of methoxy groups -OCH3 is 1. The van der Waals surface area contributed by atoms with Gasteiger partial charge >= 0.3 is 0 Å². The zero-order valence-corrected chi connectivity index (χ0v) is 10.5. The van der Waals surface area contributed by atoms with Gasteiger partial charge in [0.15, 0.2) is 11.6 Å². The van der Waals surface area contributed by atoms with Crippen molar-refractivity contribution in [1.29, 1.82) is 0 Å². The van der Waals surface area contributed by atoms with Gasteiger partial charge in [0.2, 0.25) is 0 Å². The second-order valence-electron chi connectivity index (χ2n) is 4.35. The first kappa shape index (κ1) is 11.8. The Bertz CT molecular complexity index is 410. The number of hydrogen-bond donors (Lipinski definition) is 0. The van der Waals surface area contributed by atoms with Gasteiger partial charge in [-0.1, -0.05) is 25.6 Å². The molecular formula is C12H15FOSi. The second-order valence-corrected chi connectivity index (χ2v) is 9.10. The summed E-state index contributed by atoms with van der Waals surface area (Å²) in [7, 11) is 0.0757. The quantitative estimate of drug-likeness (QED) is 0.524. The van der Waals surface area contributed by atoms with Crippen LogP contribution in [0.4, 0.5) is 4.39 Å². The maximum absolute atomic E-state index is 13.1. The Kier molecular flexibility index (Phi) is 3.54. The molecule has 80 valence electrons. The lowest BCUT2D eigenvalue weighted by molar-refractivity contribution is 0.386. The minimum atomic E-state index is -1.38. The third kappa shape index (κ3) is 3.76. The van der Waals surface area contributed by atoms with E-state index in [0.29, 0.717) is 0 Å². The molecule has 0 aliphatic carbocycles. The van der Waals surface area contributed by atoms with E-state index < -0.39 is 8.07 Å². The molecule has 0 fully saturated rings. The number of hydrogen-bond acceptors (Lipinski definition) is 1. The Labute approximate surface area is 91.3 Å². The van der Waals surface area contributed by atoms with Crippen LogP contribution in [0.3, 0.4) is 0 Å². The summed E-state index contributed by atoms with van der Waals surface area (Å²) in [4.78, 5) is 0. The highest BCUT2D eigenvalue weighted by molar-refractivity contribution is 6.83. The molecule has 0 spiro atoms. The van der Waals surface area contributed by atoms with E-state index in [9.17, 15) is 4.39 Å². The van der Waals surface area contributed by atoms with Gasteiger partial charge in [0.05, 0.1) is 7.11 Å². The van der Waals surface area contributed by atoms with E-state index in [-0.39, 0.29) is 11.6 Å². The molecule has 0 saturated heterocycles. The summed E-state index contributed by atoms with van der Waals surface area (Å²) in [6.07, 6.45) is 0. The molecule has 0 bridgehead atoms. The molecule has 1 nitrogen and oxygen atoms in total. The van der Waals surface area contributed by atoms with Gasteiger partial charge in [-0.2, -0.15) is 0 Å². The van der Waals surface area contributed by atoms with Crippen LogP contribution in [0.5, 0.6) is 5.75 Å². The predicted octanol–water partition coefficient (Wildman–Crippen LogP) is 3.06. The molecule has 0 aromatic heterocycles. The topological polar surface area (TPSA) is 9.23 Å². The van der Waals surface area contributed by atoms with Crippen molar-refractivity contribution in [2.24, 2.45) is 0 Å². The summed E-state index contributed by atoms with van der Waals surface area (Å²) >= 11 is 0. The van der Waals surface area contributed by atoms with E-state index in [1.807, 2.05) is 0 Å². The Hall–Kier alpha value is -1.27. The van der Waals surface area contributed by atoms with E-state index in [0.717, 1.165) is 5.56 Å². The number of benzene rings is 1. The summed E-state index contributed by atoms with van der Waals surface area (Å²) in [6, 6.07) is 4.68. The largest absolute Gasteiger partial charge is 0.494 e. The van der Waals surface area contributed by atoms with Crippen LogP contribution < -0.4 is 4.74 Å². The molecule has 1 aromatic rings. The average Bonchev–Trinajstić information content (AvgIpc) is 2.15. The molecule has 3 heteroatoms. The van der Waals surface area contributed by atoms with Gasteiger partial charge < -0.3 is 4.74 Å². The molecular weight excluding hydrogens is 207 g/mol. The van der Waals surface area contributed by atoms with Gasteiger partial charge in [-0.05, 0) is 18.2 Å². The summed E-state index contributed by atoms with van der Waals surface area (Å²) in [6.45, 7) is 6.50. The molecule has 0 N–H and O–H groups in total. The van der Waals surface area contributed by atoms with Crippen molar-refractivity contribution in [2.75, 3.05) is 7.11 Å². The standard InChI is InChI=1S/C12H15FOSi/c1-14-12-9-10(5-6-11(12)13)7-8-15(2,3)4/h5-6,9H,1-4H3. The Morgan fingerprint density at radius 3 is 2.47 bits per heavy atom. The van der Waals surface area contributed by atoms with Gasteiger partial charge in [0.1, 0.15) is 8.07 Å². The fourth-order valence-corrected chi connectivity index (χ4v) is 1.52. The number of rotatable bonds is 1. The molecule has 0 aliphatic heterocycles. The smallest absolute Gasteiger partial charge is 0.165 e. The van der Waals surface area contributed by atoms with Gasteiger partial charge in [0, 0.05) is 5.56 Å². The van der Waals surface area contributed by atoms with Crippen LogP contribution in [0.1, 0.15) is 5.56 Å². The first-order valence-corrected chi connectivity index (χ1v) is 8.29. The lowest BCUT2D eigenvalue weighted by Crippen LogP contribution is -2.16. The zero-order chi connectivity index (χ0) is 11.5. The van der Waals surface area contributed by atoms with Gasteiger partial charge in [0.25, 0.3) is 0 Å². The highest BCUT2D eigenvalue weighted by Gasteiger charge is 2.08. The van der Waals surface area contributed by atoms with Crippen LogP contribution in [0, 0.1) is 17.3 Å². The third-order valence-corrected chi connectivity index (χ3v) is 2.61. The van der Waals surface area contributed by atoms with Crippen LogP contribution >= 0.6 is 0 Å². The van der Waals surface area contributed by atoms with E-state index in [1.165, 1.54) is 13.2 Å². The Morgan fingerprint density at radius 2 is 1.93 bits per heavy atom. The first-order chi connectivity index (χ1) is 6.92. The van der Waals surface area contributed by atoms with E-state index in [1.54, 1.807) is 12.1 Å². The van der Waals surface area contributed by atoms with Gasteiger partial charge in [-0.3, -0.25) is 0 Å². The minimum absolute atomic E-state index is 0.248. The second kappa shape index (κ2) is 4.50. The van der Waals surface area contributed by atoms with Crippen molar-refractivity contribution >= 4 is 8.07 Å². The molecule has 15 heavy (non-hydrogen) atoms. The summed E-state index contributed by atoms with van der Waals surface area (Å²) in [5.74, 6) is 2.95. The molecule has 1 rings (SSSR count). The highest BCUT2D eigenvalue weighted by atomic mass is 28.3. The van der Waals surface area contributed by atoms with Crippen molar-refractivity contribution < 1.29 is 9.13 Å². The van der Waals surface area contributed by atoms with Crippen LogP contribution in [-0.2, 0) is 0 Å². The first-order valence-electron chi connectivity index (χ1n) is 4.79. The highest BCUT2D eigenvalue weighted by Crippen LogP contribution is 2.17. The molecule has 0 atom stereocenters. The number of halogens is 1. The van der Waals surface area contributed by atoms with Crippen LogP contribution in [0.15, 0.2) is 18.2 Å². The SMILES string of the molecule is COc1cc(C#C[Si](C)(C)C)ccc1F. The zero-order valence-electron chi connectivity index (χ0n) is 9.52. The van der Waals surface area contributed by atoms with Crippen molar-refractivity contribution in [2.45, 2.75) is 19.6 Å². The summed E-state index contributed by atoms with van der Waals surface area (Å²) in [5.41, 5.74) is 4.02. The molecule has 0 aliphatic rings. The summed E-state index contributed by atoms with van der Waals surface area (Å²) in [5, 5.41) is 0. The maximum atomic E-state index is 13.1. The molecule has 0 saturated carbocycles. The van der Waals surface area contributed by atoms with Gasteiger partial charge in [-0.25, -0.2) is 4.39 Å². The molecule has 0 heterocycles. The van der Waals surface area contributed by atoms with Gasteiger partial charge in [-0.15, -0.1) is 5.54 Å². The van der Waals surface area contributed by atoms with Crippen LogP contribution in [-0.4, -0.2) is 15.2 Å². The monoisotopic (exact) mass is 222 g/mol. The van der Waals surface area contributed by atoms with E-state index in [4.69, 9.17) is 4.74 Å². The Balaban J connectivity index is 3.01. The predicted molar refractivity (Wildman–Crippen MR) is 63.2 cm³/mol. The van der Waals surface area contributed by atoms with Crippen molar-refractivity contribution in [3.8, 4) is 17.2 Å². The van der Waals surface area contributed by atoms with Crippen molar-refractivity contribution in [1.82, 2.24) is 0 Å². The van der Waals surface area contributed by atoms with Crippen molar-refractivity contribution in [3.05, 3.63) is 29.6 Å². The lowest BCUT2D eigenvalue weighted by atomic mass is 10.2.